The lowest BCUT2D eigenvalue weighted by molar-refractivity contribution is -0.137. The molecule has 1 amide bonds. The summed E-state index contributed by atoms with van der Waals surface area (Å²) >= 11 is 1.78. The first-order chi connectivity index (χ1) is 8.63. The lowest BCUT2D eigenvalue weighted by Crippen LogP contribution is -2.47. The largest absolute Gasteiger partial charge is 0.395 e. The van der Waals surface area contributed by atoms with Gasteiger partial charge in [0.1, 0.15) is 0 Å². The van der Waals surface area contributed by atoms with Crippen molar-refractivity contribution in [2.45, 2.75) is 25.9 Å². The summed E-state index contributed by atoms with van der Waals surface area (Å²) in [7, 11) is 1.87. The van der Waals surface area contributed by atoms with E-state index in [2.05, 4.69) is 11.4 Å². The van der Waals surface area contributed by atoms with E-state index in [1.54, 1.807) is 11.3 Å². The topological polar surface area (TPSA) is 43.8 Å². The zero-order valence-electron chi connectivity index (χ0n) is 10.9. The first-order valence-electron chi connectivity index (χ1n) is 6.28. The van der Waals surface area contributed by atoms with Gasteiger partial charge in [0.05, 0.1) is 12.6 Å². The maximum Gasteiger partial charge on any atom is 0.239 e. The molecule has 0 radical (unpaired) electrons. The molecular formula is C13H20N2O2S. The lowest BCUT2D eigenvalue weighted by Gasteiger charge is -2.32. The van der Waals surface area contributed by atoms with Crippen molar-refractivity contribution in [3.63, 3.8) is 0 Å². The fourth-order valence-corrected chi connectivity index (χ4v) is 3.13. The predicted octanol–water partition coefficient (Wildman–Crippen LogP) is 0.945. The maximum absolute atomic E-state index is 12.4. The Labute approximate surface area is 112 Å². The minimum absolute atomic E-state index is 0.0861. The molecule has 2 heterocycles. The van der Waals surface area contributed by atoms with Crippen molar-refractivity contribution in [1.82, 2.24) is 9.80 Å². The van der Waals surface area contributed by atoms with E-state index in [1.165, 1.54) is 10.4 Å². The molecule has 4 nitrogen and oxygen atoms in total. The van der Waals surface area contributed by atoms with Crippen molar-refractivity contribution in [2.75, 3.05) is 26.7 Å². The fraction of sp³-hybridized carbons (Fsp3) is 0.615. The SMILES string of the molecule is CC(C(=O)N1CCc2sccc2C1)N(C)CCO. The number of carbonyl (C=O) groups is 1. The highest BCUT2D eigenvalue weighted by atomic mass is 32.1. The van der Waals surface area contributed by atoms with Gasteiger partial charge in [-0.3, -0.25) is 9.69 Å². The highest BCUT2D eigenvalue weighted by molar-refractivity contribution is 7.10. The van der Waals surface area contributed by atoms with E-state index >= 15 is 0 Å². The highest BCUT2D eigenvalue weighted by Crippen LogP contribution is 2.24. The first-order valence-corrected chi connectivity index (χ1v) is 7.16. The number of aliphatic hydroxyl groups is 1. The Hall–Kier alpha value is -0.910. The van der Waals surface area contributed by atoms with Gasteiger partial charge in [-0.1, -0.05) is 0 Å². The van der Waals surface area contributed by atoms with E-state index in [9.17, 15) is 4.79 Å². The Bertz CT molecular complexity index is 419. The van der Waals surface area contributed by atoms with Gasteiger partial charge < -0.3 is 10.0 Å². The monoisotopic (exact) mass is 268 g/mol. The van der Waals surface area contributed by atoms with Crippen LogP contribution in [0, 0.1) is 0 Å². The first kappa shape index (κ1) is 13.5. The van der Waals surface area contributed by atoms with Gasteiger partial charge >= 0.3 is 0 Å². The molecule has 1 aromatic rings. The lowest BCUT2D eigenvalue weighted by atomic mass is 10.1. The standard InChI is InChI=1S/C13H20N2O2S/c1-10(14(2)6-7-16)13(17)15-5-3-12-11(9-15)4-8-18-12/h4,8,10,16H,3,5-7,9H2,1-2H3. The van der Waals surface area contributed by atoms with E-state index in [4.69, 9.17) is 5.11 Å². The molecule has 0 saturated heterocycles. The molecule has 1 atom stereocenters. The van der Waals surface area contributed by atoms with Crippen LogP contribution in [-0.4, -0.2) is 53.6 Å². The number of nitrogens with zero attached hydrogens (tertiary/aromatic N) is 2. The quantitative estimate of drug-likeness (QED) is 0.884. The second-order valence-electron chi connectivity index (χ2n) is 4.76. The fourth-order valence-electron chi connectivity index (χ4n) is 2.24. The minimum Gasteiger partial charge on any atom is -0.395 e. The van der Waals surface area contributed by atoms with Crippen molar-refractivity contribution in [2.24, 2.45) is 0 Å². The summed E-state index contributed by atoms with van der Waals surface area (Å²) < 4.78 is 0. The van der Waals surface area contributed by atoms with Crippen LogP contribution < -0.4 is 0 Å². The second kappa shape index (κ2) is 5.82. The summed E-state index contributed by atoms with van der Waals surface area (Å²) in [5, 5.41) is 11.0. The van der Waals surface area contributed by atoms with E-state index in [0.29, 0.717) is 6.54 Å². The number of fused-ring (bicyclic) bond motifs is 1. The molecule has 100 valence electrons. The van der Waals surface area contributed by atoms with Crippen molar-refractivity contribution in [1.29, 1.82) is 0 Å². The molecule has 0 fully saturated rings. The number of hydrogen-bond acceptors (Lipinski definition) is 4. The molecule has 1 aromatic heterocycles. The van der Waals surface area contributed by atoms with Crippen LogP contribution in [0.2, 0.25) is 0 Å². The minimum atomic E-state index is -0.169. The third kappa shape index (κ3) is 2.74. The van der Waals surface area contributed by atoms with Gasteiger partial charge in [-0.25, -0.2) is 0 Å². The van der Waals surface area contributed by atoms with Crippen LogP contribution in [0.3, 0.4) is 0 Å². The van der Waals surface area contributed by atoms with Gasteiger partial charge in [-0.2, -0.15) is 0 Å². The van der Waals surface area contributed by atoms with Crippen LogP contribution in [0.4, 0.5) is 0 Å². The average molecular weight is 268 g/mol. The molecule has 1 aliphatic rings. The van der Waals surface area contributed by atoms with Crippen molar-refractivity contribution >= 4 is 17.2 Å². The molecule has 1 aliphatic heterocycles. The van der Waals surface area contributed by atoms with Crippen LogP contribution in [0.5, 0.6) is 0 Å². The molecule has 1 N–H and O–H groups in total. The van der Waals surface area contributed by atoms with Gasteiger partial charge in [0.2, 0.25) is 5.91 Å². The Morgan fingerprint density at radius 3 is 3.17 bits per heavy atom. The van der Waals surface area contributed by atoms with Crippen molar-refractivity contribution in [3.05, 3.63) is 21.9 Å². The molecule has 0 aromatic carbocycles. The van der Waals surface area contributed by atoms with Gasteiger partial charge in [0, 0.05) is 24.5 Å². The zero-order chi connectivity index (χ0) is 13.1. The Balaban J connectivity index is 1.98. The summed E-state index contributed by atoms with van der Waals surface area (Å²) in [6.45, 7) is 4.06. The summed E-state index contributed by atoms with van der Waals surface area (Å²) in [6, 6.07) is 1.94. The van der Waals surface area contributed by atoms with Crippen LogP contribution >= 0.6 is 11.3 Å². The molecule has 5 heteroatoms. The van der Waals surface area contributed by atoms with E-state index < -0.39 is 0 Å². The molecule has 0 aliphatic carbocycles. The maximum atomic E-state index is 12.4. The Morgan fingerprint density at radius 2 is 2.44 bits per heavy atom. The third-order valence-corrected chi connectivity index (χ3v) is 4.61. The van der Waals surface area contributed by atoms with E-state index in [-0.39, 0.29) is 18.6 Å². The predicted molar refractivity (Wildman–Crippen MR) is 72.6 cm³/mol. The number of carbonyl (C=O) groups excluding carboxylic acids is 1. The number of thiophene rings is 1. The van der Waals surface area contributed by atoms with Crippen LogP contribution in [0.25, 0.3) is 0 Å². The molecule has 2 rings (SSSR count). The van der Waals surface area contributed by atoms with Gasteiger partial charge in [-0.05, 0) is 37.4 Å². The summed E-state index contributed by atoms with van der Waals surface area (Å²) in [4.78, 5) is 17.6. The second-order valence-corrected chi connectivity index (χ2v) is 5.76. The van der Waals surface area contributed by atoms with E-state index in [0.717, 1.165) is 19.5 Å². The normalized spacial score (nSPS) is 16.8. The number of likely N-dealkylation sites (N-methyl/N-ethyl adjacent to an activating group) is 1. The number of rotatable bonds is 4. The van der Waals surface area contributed by atoms with Gasteiger partial charge in [-0.15, -0.1) is 11.3 Å². The molecule has 0 spiro atoms. The molecule has 0 saturated carbocycles. The number of hydrogen-bond donors (Lipinski definition) is 1. The van der Waals surface area contributed by atoms with Crippen molar-refractivity contribution < 1.29 is 9.90 Å². The summed E-state index contributed by atoms with van der Waals surface area (Å²) in [5.41, 5.74) is 1.29. The third-order valence-electron chi connectivity index (χ3n) is 3.59. The number of amides is 1. The zero-order valence-corrected chi connectivity index (χ0v) is 11.7. The van der Waals surface area contributed by atoms with E-state index in [1.807, 2.05) is 23.8 Å². The summed E-state index contributed by atoms with van der Waals surface area (Å²) in [6.07, 6.45) is 0.967. The highest BCUT2D eigenvalue weighted by Gasteiger charge is 2.26. The Morgan fingerprint density at radius 1 is 1.67 bits per heavy atom. The van der Waals surface area contributed by atoms with Crippen LogP contribution in [-0.2, 0) is 17.8 Å². The van der Waals surface area contributed by atoms with Crippen LogP contribution in [0.15, 0.2) is 11.4 Å². The van der Waals surface area contributed by atoms with Gasteiger partial charge in [0.15, 0.2) is 0 Å². The van der Waals surface area contributed by atoms with Crippen molar-refractivity contribution in [3.8, 4) is 0 Å². The smallest absolute Gasteiger partial charge is 0.239 e. The number of aliphatic hydroxyl groups excluding tert-OH is 1. The average Bonchev–Trinajstić information content (AvgIpc) is 2.84. The molecule has 0 bridgehead atoms. The van der Waals surface area contributed by atoms with Gasteiger partial charge in [0.25, 0.3) is 0 Å². The molecule has 18 heavy (non-hydrogen) atoms. The summed E-state index contributed by atoms with van der Waals surface area (Å²) in [5.74, 6) is 0.155. The Kier molecular flexibility index (Phi) is 4.37. The molecule has 1 unspecified atom stereocenters. The van der Waals surface area contributed by atoms with Crippen LogP contribution in [0.1, 0.15) is 17.4 Å². The molecular weight excluding hydrogens is 248 g/mol.